The highest BCUT2D eigenvalue weighted by molar-refractivity contribution is 7.47. The summed E-state index contributed by atoms with van der Waals surface area (Å²) >= 11 is 0. The number of phosphoric acid groups is 1. The maximum absolute atomic E-state index is 12.8. The van der Waals surface area contributed by atoms with Crippen LogP contribution < -0.4 is 0 Å². The van der Waals surface area contributed by atoms with Crippen molar-refractivity contribution < 1.29 is 63.1 Å². The fraction of sp³-hybridized carbons (Fsp3) is 0.778. The van der Waals surface area contributed by atoms with Crippen LogP contribution in [0.2, 0.25) is 0 Å². The van der Waals surface area contributed by atoms with Crippen molar-refractivity contribution in [1.82, 2.24) is 0 Å². The topological polar surface area (TPSA) is 210 Å². The molecule has 1 aliphatic rings. The molecule has 0 aromatic heterocycles. The number of esters is 2. The first kappa shape index (κ1) is 54.8. The number of hydrogen-bond acceptors (Lipinski definition) is 12. The monoisotopic (exact) mass is 859 g/mol. The van der Waals surface area contributed by atoms with Gasteiger partial charge in [0.05, 0.1) is 6.61 Å². The average Bonchev–Trinajstić information content (AvgIpc) is 3.21. The van der Waals surface area contributed by atoms with Crippen LogP contribution in [0.5, 0.6) is 0 Å². The van der Waals surface area contributed by atoms with E-state index in [0.29, 0.717) is 12.8 Å². The lowest BCUT2D eigenvalue weighted by Gasteiger charge is -2.41. The van der Waals surface area contributed by atoms with Crippen molar-refractivity contribution in [2.75, 3.05) is 13.2 Å². The quantitative estimate of drug-likeness (QED) is 0.0152. The Kier molecular flexibility index (Phi) is 32.9. The van der Waals surface area contributed by atoms with E-state index in [4.69, 9.17) is 18.5 Å². The third-order valence-electron chi connectivity index (χ3n) is 10.2. The summed E-state index contributed by atoms with van der Waals surface area (Å²) in [5.41, 5.74) is 0. The van der Waals surface area contributed by atoms with Gasteiger partial charge in [-0.2, -0.15) is 0 Å². The van der Waals surface area contributed by atoms with Crippen molar-refractivity contribution in [1.29, 1.82) is 0 Å². The Labute approximate surface area is 354 Å². The van der Waals surface area contributed by atoms with E-state index in [-0.39, 0.29) is 12.8 Å². The first-order chi connectivity index (χ1) is 28.4. The molecule has 0 amide bonds. The molecule has 13 nitrogen and oxygen atoms in total. The first-order valence-electron chi connectivity index (χ1n) is 22.4. The zero-order chi connectivity index (χ0) is 43.6. The highest BCUT2D eigenvalue weighted by atomic mass is 31.2. The van der Waals surface area contributed by atoms with Crippen LogP contribution in [0, 0.1) is 0 Å². The van der Waals surface area contributed by atoms with Gasteiger partial charge in [0.1, 0.15) is 43.2 Å². The summed E-state index contributed by atoms with van der Waals surface area (Å²) in [5, 5.41) is 50.1. The Bertz CT molecular complexity index is 1220. The molecule has 6 N–H and O–H groups in total. The summed E-state index contributed by atoms with van der Waals surface area (Å²) in [4.78, 5) is 35.6. The minimum atomic E-state index is -5.12. The van der Waals surface area contributed by atoms with Gasteiger partial charge in [0, 0.05) is 12.8 Å². The van der Waals surface area contributed by atoms with Crippen molar-refractivity contribution in [3.05, 3.63) is 48.6 Å². The number of unbranched alkanes of at least 4 members (excludes halogenated alkanes) is 16. The molecule has 0 aromatic carbocycles. The fourth-order valence-electron chi connectivity index (χ4n) is 6.57. The summed E-state index contributed by atoms with van der Waals surface area (Å²) in [5.74, 6) is -1.15. The Morgan fingerprint density at radius 2 is 0.966 bits per heavy atom. The molecule has 342 valence electrons. The van der Waals surface area contributed by atoms with Crippen molar-refractivity contribution in [2.24, 2.45) is 0 Å². The van der Waals surface area contributed by atoms with Crippen molar-refractivity contribution in [2.45, 2.75) is 211 Å². The van der Waals surface area contributed by atoms with E-state index in [0.717, 1.165) is 64.2 Å². The minimum absolute atomic E-state index is 0.0891. The lowest BCUT2D eigenvalue weighted by Crippen LogP contribution is -2.64. The average molecular weight is 859 g/mol. The van der Waals surface area contributed by atoms with E-state index in [1.54, 1.807) is 0 Å². The highest BCUT2D eigenvalue weighted by Crippen LogP contribution is 2.47. The van der Waals surface area contributed by atoms with Gasteiger partial charge >= 0.3 is 19.8 Å². The molecule has 0 saturated heterocycles. The lowest BCUT2D eigenvalue weighted by molar-refractivity contribution is -0.220. The van der Waals surface area contributed by atoms with Crippen molar-refractivity contribution in [3.63, 3.8) is 0 Å². The molecule has 0 aromatic rings. The van der Waals surface area contributed by atoms with Gasteiger partial charge in [-0.25, -0.2) is 4.57 Å². The van der Waals surface area contributed by atoms with Crippen LogP contribution in [-0.2, 0) is 32.7 Å². The van der Waals surface area contributed by atoms with Gasteiger partial charge in [0.25, 0.3) is 0 Å². The zero-order valence-corrected chi connectivity index (χ0v) is 36.9. The molecular formula is C45H79O13P. The second-order valence-electron chi connectivity index (χ2n) is 15.5. The summed E-state index contributed by atoms with van der Waals surface area (Å²) in [6.45, 7) is 3.14. The second-order valence-corrected chi connectivity index (χ2v) is 16.9. The molecular weight excluding hydrogens is 779 g/mol. The summed E-state index contributed by atoms with van der Waals surface area (Å²) < 4.78 is 33.4. The molecule has 0 radical (unpaired) electrons. The maximum Gasteiger partial charge on any atom is 0.472 e. The number of allylic oxidation sites excluding steroid dienone is 8. The molecule has 1 saturated carbocycles. The van der Waals surface area contributed by atoms with Gasteiger partial charge in [-0.3, -0.25) is 18.6 Å². The van der Waals surface area contributed by atoms with E-state index < -0.39 is 75.7 Å². The predicted octanol–water partition coefficient (Wildman–Crippen LogP) is 8.39. The van der Waals surface area contributed by atoms with E-state index in [2.05, 4.69) is 62.5 Å². The number of phosphoric ester groups is 1. The summed E-state index contributed by atoms with van der Waals surface area (Å²) in [6, 6.07) is 0. The number of carbonyl (C=O) groups is 2. The first-order valence-corrected chi connectivity index (χ1v) is 23.9. The Balaban J connectivity index is 2.50. The highest BCUT2D eigenvalue weighted by Gasteiger charge is 2.51. The largest absolute Gasteiger partial charge is 0.472 e. The molecule has 0 aliphatic heterocycles. The molecule has 0 heterocycles. The van der Waals surface area contributed by atoms with Gasteiger partial charge in [0.15, 0.2) is 6.10 Å². The van der Waals surface area contributed by atoms with Crippen molar-refractivity contribution >= 4 is 19.8 Å². The molecule has 1 fully saturated rings. The number of carbonyl (C=O) groups excluding carboxylic acids is 2. The number of ether oxygens (including phenoxy) is 2. The summed E-state index contributed by atoms with van der Waals surface area (Å²) in [6.07, 6.45) is 27.4. The molecule has 0 spiro atoms. The van der Waals surface area contributed by atoms with Crippen LogP contribution >= 0.6 is 7.82 Å². The van der Waals surface area contributed by atoms with E-state index in [1.165, 1.54) is 64.2 Å². The Hall–Kier alpha value is -2.19. The Morgan fingerprint density at radius 3 is 1.47 bits per heavy atom. The van der Waals surface area contributed by atoms with Crippen LogP contribution in [0.3, 0.4) is 0 Å². The number of hydrogen-bond donors (Lipinski definition) is 6. The van der Waals surface area contributed by atoms with Crippen LogP contribution in [0.15, 0.2) is 48.6 Å². The van der Waals surface area contributed by atoms with Crippen LogP contribution in [0.25, 0.3) is 0 Å². The normalized spacial score (nSPS) is 22.8. The minimum Gasteiger partial charge on any atom is -0.462 e. The number of aliphatic hydroxyl groups excluding tert-OH is 5. The third kappa shape index (κ3) is 28.1. The SMILES string of the molecule is CC/C=C\C/C=C\C/C=C\C/C=C\CCCCC(=O)OC[C@H](COP(=O)(O)OC1C(O)C(O)C(O)[C@@H](O)C1O)OC(=O)CCCCCCCCCCCCCCCCC. The van der Waals surface area contributed by atoms with Crippen LogP contribution in [0.4, 0.5) is 0 Å². The van der Waals surface area contributed by atoms with E-state index >= 15 is 0 Å². The standard InChI is InChI=1S/C45H79O13P/c1-3-5-7-9-11-13-15-17-19-21-23-25-27-29-31-33-38(46)55-35-37(36-56-59(53,54)58-45-43(51)41(49)40(48)42(50)44(45)52)57-39(47)34-32-30-28-26-24-22-20-18-16-14-12-10-8-6-4-2/h5,7,11,13,17,19,23,25,37,40-45,48-52H,3-4,6,8-10,12,14-16,18,20-22,24,26-36H2,1-2H3,(H,53,54)/b7-5-,13-11-,19-17-,25-23-/t37-,40?,41-,42?,43?,44?,45?/m1/s1. The zero-order valence-electron chi connectivity index (χ0n) is 36.0. The van der Waals surface area contributed by atoms with Gasteiger partial charge in [-0.05, 0) is 51.4 Å². The molecule has 59 heavy (non-hydrogen) atoms. The summed E-state index contributed by atoms with van der Waals surface area (Å²) in [7, 11) is -5.12. The maximum atomic E-state index is 12.8. The smallest absolute Gasteiger partial charge is 0.462 e. The van der Waals surface area contributed by atoms with Crippen LogP contribution in [-0.4, -0.2) is 98.3 Å². The van der Waals surface area contributed by atoms with Crippen molar-refractivity contribution in [3.8, 4) is 0 Å². The van der Waals surface area contributed by atoms with Crippen LogP contribution in [0.1, 0.15) is 168 Å². The Morgan fingerprint density at radius 1 is 0.542 bits per heavy atom. The predicted molar refractivity (Wildman–Crippen MR) is 230 cm³/mol. The molecule has 1 aliphatic carbocycles. The molecule has 8 atom stereocenters. The molecule has 14 heteroatoms. The molecule has 6 unspecified atom stereocenters. The van der Waals surface area contributed by atoms with Gasteiger partial charge in [-0.1, -0.05) is 152 Å². The van der Waals surface area contributed by atoms with Gasteiger partial charge < -0.3 is 39.9 Å². The van der Waals surface area contributed by atoms with E-state index in [1.807, 2.05) is 0 Å². The molecule has 0 bridgehead atoms. The fourth-order valence-corrected chi connectivity index (χ4v) is 7.54. The number of rotatable bonds is 36. The molecule has 1 rings (SSSR count). The number of aliphatic hydroxyl groups is 5. The van der Waals surface area contributed by atoms with Gasteiger partial charge in [0.2, 0.25) is 0 Å². The second kappa shape index (κ2) is 35.4. The van der Waals surface area contributed by atoms with Gasteiger partial charge in [-0.15, -0.1) is 0 Å². The third-order valence-corrected chi connectivity index (χ3v) is 11.2. The van der Waals surface area contributed by atoms with E-state index in [9.17, 15) is 44.6 Å². The lowest BCUT2D eigenvalue weighted by atomic mass is 9.85.